The van der Waals surface area contributed by atoms with E-state index < -0.39 is 17.6 Å². The molecule has 0 saturated carbocycles. The molecule has 1 aromatic heterocycles. The quantitative estimate of drug-likeness (QED) is 0.832. The molecule has 0 amide bonds. The molecule has 0 spiro atoms. The number of aryl methyl sites for hydroxylation is 1. The number of aromatic nitrogens is 1. The molecule has 0 unspecified atom stereocenters. The van der Waals surface area contributed by atoms with E-state index in [4.69, 9.17) is 5.11 Å². The Kier molecular flexibility index (Phi) is 3.06. The van der Waals surface area contributed by atoms with Gasteiger partial charge in [-0.1, -0.05) is 0 Å². The first kappa shape index (κ1) is 12.2. The second-order valence-electron chi connectivity index (χ2n) is 3.79. The fourth-order valence-corrected chi connectivity index (χ4v) is 1.72. The first-order valence-corrected chi connectivity index (χ1v) is 5.15. The SMILES string of the molecule is Cc1cc(/C=C/C(=O)O)nc2c(F)ccc(F)c12. The van der Waals surface area contributed by atoms with Crippen molar-refractivity contribution >= 4 is 22.9 Å². The van der Waals surface area contributed by atoms with Crippen molar-refractivity contribution in [2.45, 2.75) is 6.92 Å². The van der Waals surface area contributed by atoms with E-state index in [1.165, 1.54) is 12.1 Å². The highest BCUT2D eigenvalue weighted by Crippen LogP contribution is 2.23. The Hall–Kier alpha value is -2.30. The number of carbonyl (C=O) groups is 1. The van der Waals surface area contributed by atoms with Crippen LogP contribution in [-0.2, 0) is 4.79 Å². The van der Waals surface area contributed by atoms with Gasteiger partial charge in [0.15, 0.2) is 0 Å². The Morgan fingerprint density at radius 2 is 2.00 bits per heavy atom. The molecule has 2 aromatic rings. The van der Waals surface area contributed by atoms with Gasteiger partial charge < -0.3 is 5.11 Å². The molecule has 1 N–H and O–H groups in total. The van der Waals surface area contributed by atoms with E-state index in [-0.39, 0.29) is 16.6 Å². The van der Waals surface area contributed by atoms with Crippen molar-refractivity contribution in [3.63, 3.8) is 0 Å². The number of aliphatic carboxylic acids is 1. The predicted molar refractivity (Wildman–Crippen MR) is 63.1 cm³/mol. The van der Waals surface area contributed by atoms with Gasteiger partial charge in [0.25, 0.3) is 0 Å². The van der Waals surface area contributed by atoms with Gasteiger partial charge in [0.2, 0.25) is 0 Å². The van der Waals surface area contributed by atoms with Crippen molar-refractivity contribution in [3.05, 3.63) is 47.2 Å². The Balaban J connectivity index is 2.69. The van der Waals surface area contributed by atoms with Crippen LogP contribution in [0.15, 0.2) is 24.3 Å². The van der Waals surface area contributed by atoms with Crippen LogP contribution in [0.4, 0.5) is 8.78 Å². The molecule has 0 aliphatic carbocycles. The van der Waals surface area contributed by atoms with Crippen LogP contribution in [0.25, 0.3) is 17.0 Å². The van der Waals surface area contributed by atoms with Crippen LogP contribution < -0.4 is 0 Å². The minimum absolute atomic E-state index is 0.0972. The Labute approximate surface area is 101 Å². The highest BCUT2D eigenvalue weighted by atomic mass is 19.1. The van der Waals surface area contributed by atoms with Crippen LogP contribution in [0.5, 0.6) is 0 Å². The molecule has 92 valence electrons. The molecule has 0 bridgehead atoms. The highest BCUT2D eigenvalue weighted by molar-refractivity contribution is 5.87. The fourth-order valence-electron chi connectivity index (χ4n) is 1.72. The van der Waals surface area contributed by atoms with E-state index in [0.717, 1.165) is 18.2 Å². The molecule has 1 aromatic carbocycles. The zero-order chi connectivity index (χ0) is 13.3. The Morgan fingerprint density at radius 1 is 1.33 bits per heavy atom. The monoisotopic (exact) mass is 249 g/mol. The molecule has 0 fully saturated rings. The number of carboxylic acids is 1. The molecule has 0 atom stereocenters. The summed E-state index contributed by atoms with van der Waals surface area (Å²) in [5.74, 6) is -2.32. The summed E-state index contributed by atoms with van der Waals surface area (Å²) in [5.41, 5.74) is 0.675. The average molecular weight is 249 g/mol. The molecular weight excluding hydrogens is 240 g/mol. The second-order valence-corrected chi connectivity index (χ2v) is 3.79. The summed E-state index contributed by atoms with van der Waals surface area (Å²) in [7, 11) is 0. The lowest BCUT2D eigenvalue weighted by Crippen LogP contribution is -1.94. The third-order valence-corrected chi connectivity index (χ3v) is 2.47. The number of rotatable bonds is 2. The van der Waals surface area contributed by atoms with E-state index in [2.05, 4.69) is 4.98 Å². The number of hydrogen-bond acceptors (Lipinski definition) is 2. The third kappa shape index (κ3) is 2.20. The minimum Gasteiger partial charge on any atom is -0.478 e. The van der Waals surface area contributed by atoms with E-state index in [1.807, 2.05) is 0 Å². The number of nitrogens with zero attached hydrogens (tertiary/aromatic N) is 1. The molecule has 0 saturated heterocycles. The van der Waals surface area contributed by atoms with Crippen molar-refractivity contribution in [3.8, 4) is 0 Å². The smallest absolute Gasteiger partial charge is 0.328 e. The molecule has 5 heteroatoms. The molecule has 0 aliphatic heterocycles. The van der Waals surface area contributed by atoms with E-state index >= 15 is 0 Å². The van der Waals surface area contributed by atoms with Gasteiger partial charge in [-0.25, -0.2) is 18.6 Å². The largest absolute Gasteiger partial charge is 0.478 e. The molecular formula is C13H9F2NO2. The lowest BCUT2D eigenvalue weighted by atomic mass is 10.1. The van der Waals surface area contributed by atoms with Gasteiger partial charge in [0.05, 0.1) is 5.69 Å². The summed E-state index contributed by atoms with van der Waals surface area (Å²) in [6.45, 7) is 1.62. The third-order valence-electron chi connectivity index (χ3n) is 2.47. The second kappa shape index (κ2) is 4.52. The van der Waals surface area contributed by atoms with Gasteiger partial charge in [-0.3, -0.25) is 0 Å². The molecule has 0 radical (unpaired) electrons. The predicted octanol–water partition coefficient (Wildman–Crippen LogP) is 2.92. The van der Waals surface area contributed by atoms with Crippen molar-refractivity contribution in [1.29, 1.82) is 0 Å². The first-order valence-electron chi connectivity index (χ1n) is 5.15. The summed E-state index contributed by atoms with van der Waals surface area (Å²) in [6, 6.07) is 3.54. The lowest BCUT2D eigenvalue weighted by molar-refractivity contribution is -0.131. The maximum atomic E-state index is 13.6. The van der Waals surface area contributed by atoms with E-state index in [9.17, 15) is 13.6 Å². The van der Waals surface area contributed by atoms with Gasteiger partial charge in [-0.2, -0.15) is 0 Å². The number of halogens is 2. The molecule has 0 aliphatic rings. The molecule has 18 heavy (non-hydrogen) atoms. The van der Waals surface area contributed by atoms with Crippen LogP contribution in [0.1, 0.15) is 11.3 Å². The van der Waals surface area contributed by atoms with Crippen molar-refractivity contribution in [2.75, 3.05) is 0 Å². The number of benzene rings is 1. The lowest BCUT2D eigenvalue weighted by Gasteiger charge is -2.05. The maximum Gasteiger partial charge on any atom is 0.328 e. The van der Waals surface area contributed by atoms with Crippen molar-refractivity contribution in [1.82, 2.24) is 4.98 Å². The van der Waals surface area contributed by atoms with Crippen LogP contribution in [-0.4, -0.2) is 16.1 Å². The zero-order valence-electron chi connectivity index (χ0n) is 9.45. The Morgan fingerprint density at radius 3 is 2.67 bits per heavy atom. The Bertz CT molecular complexity index is 666. The van der Waals surface area contributed by atoms with Crippen LogP contribution in [0.2, 0.25) is 0 Å². The first-order chi connectivity index (χ1) is 8.49. The normalized spacial score (nSPS) is 11.3. The van der Waals surface area contributed by atoms with Gasteiger partial charge >= 0.3 is 5.97 Å². The van der Waals surface area contributed by atoms with E-state index in [1.54, 1.807) is 6.92 Å². The van der Waals surface area contributed by atoms with Gasteiger partial charge in [-0.05, 0) is 36.8 Å². The number of fused-ring (bicyclic) bond motifs is 1. The number of hydrogen-bond donors (Lipinski definition) is 1. The average Bonchev–Trinajstić information content (AvgIpc) is 2.31. The van der Waals surface area contributed by atoms with Crippen LogP contribution >= 0.6 is 0 Å². The van der Waals surface area contributed by atoms with Gasteiger partial charge in [0.1, 0.15) is 17.2 Å². The highest BCUT2D eigenvalue weighted by Gasteiger charge is 2.10. The fraction of sp³-hybridized carbons (Fsp3) is 0.0769. The molecule has 2 rings (SSSR count). The number of pyridine rings is 1. The molecule has 1 heterocycles. The van der Waals surface area contributed by atoms with Crippen LogP contribution in [0, 0.1) is 18.6 Å². The standard InChI is InChI=1S/C13H9F2NO2/c1-7-6-8(2-5-11(17)18)16-13-10(15)4-3-9(14)12(7)13/h2-6H,1H3,(H,17,18)/b5-2+. The summed E-state index contributed by atoms with van der Waals surface area (Å²) in [4.78, 5) is 14.3. The van der Waals surface area contributed by atoms with Crippen molar-refractivity contribution in [2.24, 2.45) is 0 Å². The zero-order valence-corrected chi connectivity index (χ0v) is 9.45. The van der Waals surface area contributed by atoms with Gasteiger partial charge in [-0.15, -0.1) is 0 Å². The number of carboxylic acid groups (broad SMARTS) is 1. The summed E-state index contributed by atoms with van der Waals surface area (Å²) in [6.07, 6.45) is 2.13. The summed E-state index contributed by atoms with van der Waals surface area (Å²) >= 11 is 0. The van der Waals surface area contributed by atoms with E-state index in [0.29, 0.717) is 5.56 Å². The summed E-state index contributed by atoms with van der Waals surface area (Å²) < 4.78 is 27.1. The summed E-state index contributed by atoms with van der Waals surface area (Å²) in [5, 5.41) is 8.62. The maximum absolute atomic E-state index is 13.6. The van der Waals surface area contributed by atoms with Gasteiger partial charge in [0, 0.05) is 11.5 Å². The van der Waals surface area contributed by atoms with Crippen LogP contribution in [0.3, 0.4) is 0 Å². The molecule has 3 nitrogen and oxygen atoms in total. The topological polar surface area (TPSA) is 50.2 Å². The minimum atomic E-state index is -1.13. The van der Waals surface area contributed by atoms with Crippen molar-refractivity contribution < 1.29 is 18.7 Å².